The van der Waals surface area contributed by atoms with E-state index in [4.69, 9.17) is 21.7 Å². The maximum absolute atomic E-state index is 10.8. The minimum Gasteiger partial charge on any atom is -0.399 e. The van der Waals surface area contributed by atoms with Crippen LogP contribution in [0.1, 0.15) is 10.6 Å². The Morgan fingerprint density at radius 2 is 1.81 bits per heavy atom. The fourth-order valence-electron chi connectivity index (χ4n) is 1.24. The molecule has 0 radical (unpaired) electrons. The molecule has 6 N–H and O–H groups in total. The number of carbonyl (C=O) groups excluding carboxylic acids is 1. The van der Waals surface area contributed by atoms with E-state index >= 15 is 0 Å². The normalized spacial score (nSPS) is 10.2. The Kier molecular flexibility index (Phi) is 2.20. The summed E-state index contributed by atoms with van der Waals surface area (Å²) in [5.74, 6) is -0.796. The number of primary amides is 1. The van der Waals surface area contributed by atoms with Crippen LogP contribution in [0.25, 0.3) is 11.5 Å². The number of amides is 1. The molecule has 0 aliphatic carbocycles. The third-order valence-electron chi connectivity index (χ3n) is 1.87. The van der Waals surface area contributed by atoms with Gasteiger partial charge in [0.2, 0.25) is 0 Å². The molecule has 16 heavy (non-hydrogen) atoms. The lowest BCUT2D eigenvalue weighted by Crippen LogP contribution is -2.12. The average molecular weight is 219 g/mol. The summed E-state index contributed by atoms with van der Waals surface area (Å²) in [6.45, 7) is 0. The molecule has 0 unspecified atom stereocenters. The molecule has 0 atom stereocenters. The number of hydrogen-bond donors (Lipinski definition) is 3. The van der Waals surface area contributed by atoms with Gasteiger partial charge >= 0.3 is 0 Å². The Hall–Kier alpha value is -2.57. The quantitative estimate of drug-likeness (QED) is 0.608. The maximum Gasteiger partial charge on any atom is 0.290 e. The third kappa shape index (κ3) is 1.78. The summed E-state index contributed by atoms with van der Waals surface area (Å²) in [6.07, 6.45) is 0. The molecule has 7 nitrogen and oxygen atoms in total. The van der Waals surface area contributed by atoms with Crippen molar-refractivity contribution in [2.24, 2.45) is 5.73 Å². The van der Waals surface area contributed by atoms with Crippen molar-refractivity contribution in [3.63, 3.8) is 0 Å². The number of hydrogen-bond acceptors (Lipinski definition) is 6. The van der Waals surface area contributed by atoms with E-state index in [1.165, 1.54) is 0 Å². The van der Waals surface area contributed by atoms with E-state index in [-0.39, 0.29) is 11.7 Å². The lowest BCUT2D eigenvalue weighted by molar-refractivity contribution is 0.0987. The molecule has 1 aromatic carbocycles. The standard InChI is InChI=1S/C9H9N5O2/c10-5-1-4(2-6(11)3-5)9-13-8(7(12)15)14-16-9/h1-3H,10-11H2,(H2,12,15). The van der Waals surface area contributed by atoms with Gasteiger partial charge in [-0.1, -0.05) is 5.16 Å². The van der Waals surface area contributed by atoms with Gasteiger partial charge in [0.25, 0.3) is 17.6 Å². The first-order chi connectivity index (χ1) is 7.56. The van der Waals surface area contributed by atoms with E-state index < -0.39 is 5.91 Å². The zero-order chi connectivity index (χ0) is 11.7. The van der Waals surface area contributed by atoms with Crippen LogP contribution < -0.4 is 17.2 Å². The van der Waals surface area contributed by atoms with Gasteiger partial charge in [0, 0.05) is 16.9 Å². The van der Waals surface area contributed by atoms with E-state index in [0.29, 0.717) is 16.9 Å². The predicted molar refractivity (Wildman–Crippen MR) is 57.1 cm³/mol. The highest BCUT2D eigenvalue weighted by Gasteiger charge is 2.13. The number of nitrogens with zero attached hydrogens (tertiary/aromatic N) is 2. The van der Waals surface area contributed by atoms with Crippen LogP contribution in [0.15, 0.2) is 22.7 Å². The number of rotatable bonds is 2. The Balaban J connectivity index is 2.46. The molecule has 82 valence electrons. The molecule has 0 bridgehead atoms. The van der Waals surface area contributed by atoms with Gasteiger partial charge < -0.3 is 21.7 Å². The fraction of sp³-hybridized carbons (Fsp3) is 0. The SMILES string of the molecule is NC(=O)c1noc(-c2cc(N)cc(N)c2)n1. The molecule has 1 heterocycles. The molecule has 1 amide bonds. The molecular formula is C9H9N5O2. The summed E-state index contributed by atoms with van der Waals surface area (Å²) >= 11 is 0. The summed E-state index contributed by atoms with van der Waals surface area (Å²) in [4.78, 5) is 14.6. The Bertz CT molecular complexity index is 528. The summed E-state index contributed by atoms with van der Waals surface area (Å²) in [7, 11) is 0. The maximum atomic E-state index is 10.8. The molecule has 0 saturated carbocycles. The van der Waals surface area contributed by atoms with Crippen molar-refractivity contribution >= 4 is 17.3 Å². The molecule has 0 fully saturated rings. The van der Waals surface area contributed by atoms with Gasteiger partial charge in [0.15, 0.2) is 0 Å². The minimum atomic E-state index is -0.758. The van der Waals surface area contributed by atoms with Crippen LogP contribution in [0.5, 0.6) is 0 Å². The van der Waals surface area contributed by atoms with Crippen molar-refractivity contribution in [3.8, 4) is 11.5 Å². The van der Waals surface area contributed by atoms with Crippen molar-refractivity contribution in [2.45, 2.75) is 0 Å². The Labute approximate surface area is 90.2 Å². The van der Waals surface area contributed by atoms with Crippen molar-refractivity contribution in [2.75, 3.05) is 11.5 Å². The highest BCUT2D eigenvalue weighted by molar-refractivity contribution is 5.89. The van der Waals surface area contributed by atoms with Crippen LogP contribution in [0.3, 0.4) is 0 Å². The molecule has 2 aromatic rings. The largest absolute Gasteiger partial charge is 0.399 e. The molecule has 1 aromatic heterocycles. The van der Waals surface area contributed by atoms with E-state index in [1.54, 1.807) is 18.2 Å². The van der Waals surface area contributed by atoms with E-state index in [2.05, 4.69) is 10.1 Å². The molecule has 2 rings (SSSR count). The van der Waals surface area contributed by atoms with Crippen LogP contribution in [0, 0.1) is 0 Å². The predicted octanol–water partition coefficient (Wildman–Crippen LogP) is -0.000100. The summed E-state index contributed by atoms with van der Waals surface area (Å²) in [5.41, 5.74) is 17.7. The second kappa shape index (κ2) is 3.54. The van der Waals surface area contributed by atoms with Gasteiger partial charge in [0.05, 0.1) is 0 Å². The lowest BCUT2D eigenvalue weighted by atomic mass is 10.2. The topological polar surface area (TPSA) is 134 Å². The molecule has 0 spiro atoms. The number of nitrogen functional groups attached to an aromatic ring is 2. The number of aromatic nitrogens is 2. The highest BCUT2D eigenvalue weighted by atomic mass is 16.5. The van der Waals surface area contributed by atoms with Gasteiger partial charge in [-0.05, 0) is 18.2 Å². The van der Waals surface area contributed by atoms with Crippen LogP contribution in [-0.2, 0) is 0 Å². The van der Waals surface area contributed by atoms with E-state index in [1.807, 2.05) is 0 Å². The van der Waals surface area contributed by atoms with Gasteiger partial charge in [-0.2, -0.15) is 4.98 Å². The average Bonchev–Trinajstić information content (AvgIpc) is 2.64. The van der Waals surface area contributed by atoms with Crippen molar-refractivity contribution in [3.05, 3.63) is 24.0 Å². The summed E-state index contributed by atoms with van der Waals surface area (Å²) in [6, 6.07) is 4.80. The van der Waals surface area contributed by atoms with Crippen molar-refractivity contribution in [1.29, 1.82) is 0 Å². The zero-order valence-electron chi connectivity index (χ0n) is 8.18. The van der Waals surface area contributed by atoms with Crippen LogP contribution >= 0.6 is 0 Å². The van der Waals surface area contributed by atoms with Gasteiger partial charge in [-0.15, -0.1) is 0 Å². The van der Waals surface area contributed by atoms with E-state index in [9.17, 15) is 4.79 Å². The lowest BCUT2D eigenvalue weighted by Gasteiger charge is -1.99. The minimum absolute atomic E-state index is 0.146. The van der Waals surface area contributed by atoms with Crippen LogP contribution in [0.4, 0.5) is 11.4 Å². The fourth-order valence-corrected chi connectivity index (χ4v) is 1.24. The second-order valence-electron chi connectivity index (χ2n) is 3.18. The smallest absolute Gasteiger partial charge is 0.290 e. The Morgan fingerprint density at radius 3 is 2.31 bits per heavy atom. The first kappa shape index (κ1) is 9.97. The highest BCUT2D eigenvalue weighted by Crippen LogP contribution is 2.23. The first-order valence-corrected chi connectivity index (χ1v) is 4.36. The molecule has 0 saturated heterocycles. The number of benzene rings is 1. The molecular weight excluding hydrogens is 210 g/mol. The summed E-state index contributed by atoms with van der Waals surface area (Å²) in [5, 5.41) is 3.41. The second-order valence-corrected chi connectivity index (χ2v) is 3.18. The third-order valence-corrected chi connectivity index (χ3v) is 1.87. The first-order valence-electron chi connectivity index (χ1n) is 4.36. The number of nitrogens with two attached hydrogens (primary N) is 3. The Morgan fingerprint density at radius 1 is 1.19 bits per heavy atom. The van der Waals surface area contributed by atoms with Gasteiger partial charge in [0.1, 0.15) is 0 Å². The number of anilines is 2. The van der Waals surface area contributed by atoms with Gasteiger partial charge in [-0.3, -0.25) is 4.79 Å². The van der Waals surface area contributed by atoms with Crippen LogP contribution in [0.2, 0.25) is 0 Å². The monoisotopic (exact) mass is 219 g/mol. The molecule has 0 aliphatic rings. The molecule has 0 aliphatic heterocycles. The number of carbonyl (C=O) groups is 1. The zero-order valence-corrected chi connectivity index (χ0v) is 8.18. The van der Waals surface area contributed by atoms with Crippen LogP contribution in [-0.4, -0.2) is 16.0 Å². The summed E-state index contributed by atoms with van der Waals surface area (Å²) < 4.78 is 4.85. The van der Waals surface area contributed by atoms with Crippen molar-refractivity contribution in [1.82, 2.24) is 10.1 Å². The molecule has 7 heteroatoms. The van der Waals surface area contributed by atoms with Crippen molar-refractivity contribution < 1.29 is 9.32 Å². The van der Waals surface area contributed by atoms with E-state index in [0.717, 1.165) is 0 Å². The van der Waals surface area contributed by atoms with Gasteiger partial charge in [-0.25, -0.2) is 0 Å².